The molecule has 1 nitrogen and oxygen atoms in total. The van der Waals surface area contributed by atoms with Gasteiger partial charge in [0.05, 0.1) is 0 Å². The van der Waals surface area contributed by atoms with Crippen LogP contribution >= 0.6 is 0 Å². The maximum atomic E-state index is 11.5. The highest BCUT2D eigenvalue weighted by Gasteiger charge is 2.55. The molecule has 0 aromatic carbocycles. The standard InChI is InChI=1S/C10H21N.C6H11F3/c1-5-7-10(8-6-2)9(3)11(10)4;1-3-5(2)4-6(7,8)9/h9H,5-8H2,1-4H3;5H,3-4H2,1-2H3. The van der Waals surface area contributed by atoms with E-state index in [4.69, 9.17) is 0 Å². The van der Waals surface area contributed by atoms with Crippen LogP contribution in [-0.4, -0.2) is 29.7 Å². The van der Waals surface area contributed by atoms with Gasteiger partial charge in [0, 0.05) is 18.0 Å². The summed E-state index contributed by atoms with van der Waals surface area (Å²) in [5.41, 5.74) is 0.601. The lowest BCUT2D eigenvalue weighted by Crippen LogP contribution is -2.16. The third-order valence-electron chi connectivity index (χ3n) is 4.64. The zero-order chi connectivity index (χ0) is 16.0. The first-order valence-electron chi connectivity index (χ1n) is 7.94. The van der Waals surface area contributed by atoms with E-state index < -0.39 is 12.6 Å². The first-order valence-corrected chi connectivity index (χ1v) is 7.94. The summed E-state index contributed by atoms with van der Waals surface area (Å²) in [6.07, 6.45) is 1.40. The van der Waals surface area contributed by atoms with Crippen LogP contribution in [0.1, 0.15) is 73.1 Å². The monoisotopic (exact) mass is 295 g/mol. The van der Waals surface area contributed by atoms with Gasteiger partial charge >= 0.3 is 6.18 Å². The van der Waals surface area contributed by atoms with Gasteiger partial charge in [0.25, 0.3) is 0 Å². The van der Waals surface area contributed by atoms with Gasteiger partial charge in [-0.15, -0.1) is 0 Å². The van der Waals surface area contributed by atoms with E-state index in [9.17, 15) is 13.2 Å². The molecule has 0 amide bonds. The maximum Gasteiger partial charge on any atom is 0.389 e. The van der Waals surface area contributed by atoms with Crippen LogP contribution in [0.4, 0.5) is 13.2 Å². The third-order valence-corrected chi connectivity index (χ3v) is 4.64. The fraction of sp³-hybridized carbons (Fsp3) is 1.00. The molecule has 1 heterocycles. The number of halogens is 3. The van der Waals surface area contributed by atoms with Gasteiger partial charge in [-0.05, 0) is 32.7 Å². The Balaban J connectivity index is 0.000000370. The minimum atomic E-state index is -3.98. The van der Waals surface area contributed by atoms with E-state index in [0.29, 0.717) is 12.0 Å². The van der Waals surface area contributed by atoms with Crippen molar-refractivity contribution in [3.05, 3.63) is 0 Å². The minimum Gasteiger partial charge on any atom is -0.295 e. The molecule has 1 rings (SSSR count). The van der Waals surface area contributed by atoms with Crippen LogP contribution in [0.5, 0.6) is 0 Å². The molecule has 4 heteroatoms. The molecule has 20 heavy (non-hydrogen) atoms. The van der Waals surface area contributed by atoms with Gasteiger partial charge in [0.15, 0.2) is 0 Å². The number of likely N-dealkylation sites (N-methyl/N-ethyl adjacent to an activating group) is 1. The Morgan fingerprint density at radius 1 is 1.10 bits per heavy atom. The summed E-state index contributed by atoms with van der Waals surface area (Å²) in [6, 6.07) is 0.836. The topological polar surface area (TPSA) is 3.01 Å². The van der Waals surface area contributed by atoms with Crippen LogP contribution < -0.4 is 0 Å². The molecular weight excluding hydrogens is 263 g/mol. The number of hydrogen-bond donors (Lipinski definition) is 0. The Bertz CT molecular complexity index is 247. The highest BCUT2D eigenvalue weighted by atomic mass is 19.4. The third kappa shape index (κ3) is 6.02. The SMILES string of the molecule is CCC(C)CC(F)(F)F.CCCC1(CCC)C(C)N1C. The Kier molecular flexibility index (Phi) is 8.15. The lowest BCUT2D eigenvalue weighted by molar-refractivity contribution is -0.143. The number of alkyl halides is 3. The second-order valence-electron chi connectivity index (χ2n) is 6.22. The fourth-order valence-electron chi connectivity index (χ4n) is 3.02. The average molecular weight is 295 g/mol. The van der Waals surface area contributed by atoms with Crippen LogP contribution in [0, 0.1) is 5.92 Å². The molecular formula is C16H32F3N. The van der Waals surface area contributed by atoms with Crippen LogP contribution in [0.25, 0.3) is 0 Å². The smallest absolute Gasteiger partial charge is 0.295 e. The van der Waals surface area contributed by atoms with Gasteiger partial charge in [0.2, 0.25) is 0 Å². The normalized spacial score (nSPS) is 25.6. The van der Waals surface area contributed by atoms with Crippen molar-refractivity contribution in [3.63, 3.8) is 0 Å². The molecule has 1 saturated heterocycles. The zero-order valence-corrected chi connectivity index (χ0v) is 14.0. The molecule has 0 saturated carbocycles. The summed E-state index contributed by atoms with van der Waals surface area (Å²) >= 11 is 0. The van der Waals surface area contributed by atoms with Gasteiger partial charge < -0.3 is 0 Å². The lowest BCUT2D eigenvalue weighted by atomic mass is 9.94. The second-order valence-corrected chi connectivity index (χ2v) is 6.22. The second kappa shape index (κ2) is 8.26. The molecule has 0 aliphatic carbocycles. The molecule has 1 aliphatic heterocycles. The first kappa shape index (κ1) is 19.8. The van der Waals surface area contributed by atoms with Crippen molar-refractivity contribution in [1.82, 2.24) is 4.90 Å². The summed E-state index contributed by atoms with van der Waals surface area (Å²) in [6.45, 7) is 10.3. The van der Waals surface area contributed by atoms with E-state index in [2.05, 4.69) is 32.7 Å². The van der Waals surface area contributed by atoms with Gasteiger partial charge in [-0.1, -0.05) is 47.0 Å². The first-order chi connectivity index (χ1) is 9.14. The Hall–Kier alpha value is -0.250. The highest BCUT2D eigenvalue weighted by molar-refractivity contribution is 5.12. The van der Waals surface area contributed by atoms with Gasteiger partial charge in [-0.25, -0.2) is 0 Å². The molecule has 0 bridgehead atoms. The lowest BCUT2D eigenvalue weighted by Gasteiger charge is -2.13. The highest BCUT2D eigenvalue weighted by Crippen LogP contribution is 2.46. The predicted molar refractivity (Wildman–Crippen MR) is 79.9 cm³/mol. The Morgan fingerprint density at radius 2 is 1.50 bits per heavy atom. The molecule has 122 valence electrons. The van der Waals surface area contributed by atoms with Gasteiger partial charge in [0.1, 0.15) is 0 Å². The Morgan fingerprint density at radius 3 is 1.65 bits per heavy atom. The molecule has 1 aliphatic rings. The van der Waals surface area contributed by atoms with Crippen molar-refractivity contribution in [2.24, 2.45) is 5.92 Å². The summed E-state index contributed by atoms with van der Waals surface area (Å²) in [7, 11) is 2.26. The molecule has 0 N–H and O–H groups in total. The average Bonchev–Trinajstić information content (AvgIpc) is 2.82. The summed E-state index contributed by atoms with van der Waals surface area (Å²) in [4.78, 5) is 2.53. The number of nitrogens with zero attached hydrogens (tertiary/aromatic N) is 1. The summed E-state index contributed by atoms with van der Waals surface area (Å²) < 4.78 is 34.5. The van der Waals surface area contributed by atoms with Gasteiger partial charge in [-0.3, -0.25) is 4.90 Å². The van der Waals surface area contributed by atoms with Crippen LogP contribution in [0.2, 0.25) is 0 Å². The van der Waals surface area contributed by atoms with E-state index in [1.165, 1.54) is 25.7 Å². The molecule has 3 atom stereocenters. The molecule has 0 spiro atoms. The van der Waals surface area contributed by atoms with Gasteiger partial charge in [-0.2, -0.15) is 13.2 Å². The predicted octanol–water partition coefficient (Wildman–Crippen LogP) is 5.64. The van der Waals surface area contributed by atoms with Crippen LogP contribution in [0.15, 0.2) is 0 Å². The molecule has 0 radical (unpaired) electrons. The zero-order valence-electron chi connectivity index (χ0n) is 14.0. The largest absolute Gasteiger partial charge is 0.389 e. The molecule has 0 aromatic rings. The van der Waals surface area contributed by atoms with Crippen LogP contribution in [0.3, 0.4) is 0 Å². The van der Waals surface area contributed by atoms with Crippen molar-refractivity contribution in [2.45, 2.75) is 90.9 Å². The quantitative estimate of drug-likeness (QED) is 0.573. The van der Waals surface area contributed by atoms with Crippen LogP contribution in [-0.2, 0) is 0 Å². The van der Waals surface area contributed by atoms with E-state index in [-0.39, 0.29) is 5.92 Å². The van der Waals surface area contributed by atoms with E-state index in [1.807, 2.05) is 0 Å². The van der Waals surface area contributed by atoms with E-state index >= 15 is 0 Å². The van der Waals surface area contributed by atoms with Crippen molar-refractivity contribution < 1.29 is 13.2 Å². The Labute approximate surface area is 122 Å². The van der Waals surface area contributed by atoms with Crippen molar-refractivity contribution in [1.29, 1.82) is 0 Å². The van der Waals surface area contributed by atoms with Crippen molar-refractivity contribution >= 4 is 0 Å². The fourth-order valence-corrected chi connectivity index (χ4v) is 3.02. The van der Waals surface area contributed by atoms with Crippen molar-refractivity contribution in [3.8, 4) is 0 Å². The van der Waals surface area contributed by atoms with E-state index in [1.54, 1.807) is 13.8 Å². The molecule has 1 fully saturated rings. The van der Waals surface area contributed by atoms with Crippen molar-refractivity contribution in [2.75, 3.05) is 7.05 Å². The number of rotatable bonds is 6. The van der Waals surface area contributed by atoms with E-state index in [0.717, 1.165) is 6.04 Å². The maximum absolute atomic E-state index is 11.5. The molecule has 3 unspecified atom stereocenters. The number of hydrogen-bond acceptors (Lipinski definition) is 1. The molecule has 0 aromatic heterocycles. The summed E-state index contributed by atoms with van der Waals surface area (Å²) in [5.74, 6) is -0.231. The summed E-state index contributed by atoms with van der Waals surface area (Å²) in [5, 5.41) is 0. The minimum absolute atomic E-state index is 0.231.